The third kappa shape index (κ3) is 4.22. The molecule has 0 bridgehead atoms. The first kappa shape index (κ1) is 18.4. The normalized spacial score (nSPS) is 12.0. The lowest BCUT2D eigenvalue weighted by Gasteiger charge is -2.15. The standard InChI is InChI=1S/C19H20N4O4/c1-11-8-20-23(9-11)10-15-7-16(22-27-15)18(24)21-17(19(25)26)14-5-4-12(2)13(3)6-14/h4-9,17H,10H2,1-3H3,(H,21,24)(H,25,26). The number of benzene rings is 1. The molecule has 3 aromatic rings. The Morgan fingerprint density at radius 3 is 2.63 bits per heavy atom. The van der Waals surface area contributed by atoms with Crippen molar-refractivity contribution in [3.8, 4) is 0 Å². The number of aliphatic carboxylic acids is 1. The maximum absolute atomic E-state index is 12.4. The minimum Gasteiger partial charge on any atom is -0.479 e. The van der Waals surface area contributed by atoms with E-state index in [2.05, 4.69) is 15.6 Å². The fraction of sp³-hybridized carbons (Fsp3) is 0.263. The van der Waals surface area contributed by atoms with E-state index < -0.39 is 17.9 Å². The van der Waals surface area contributed by atoms with Gasteiger partial charge in [-0.25, -0.2) is 4.79 Å². The van der Waals surface area contributed by atoms with Crippen LogP contribution in [0, 0.1) is 20.8 Å². The van der Waals surface area contributed by atoms with Crippen molar-refractivity contribution >= 4 is 11.9 Å². The third-order valence-electron chi connectivity index (χ3n) is 4.26. The average Bonchev–Trinajstić information content (AvgIpc) is 3.24. The van der Waals surface area contributed by atoms with Crippen LogP contribution in [0.4, 0.5) is 0 Å². The van der Waals surface area contributed by atoms with Crippen molar-refractivity contribution in [1.29, 1.82) is 0 Å². The molecule has 8 heteroatoms. The molecule has 0 fully saturated rings. The monoisotopic (exact) mass is 368 g/mol. The maximum Gasteiger partial charge on any atom is 0.330 e. The van der Waals surface area contributed by atoms with Gasteiger partial charge in [-0.1, -0.05) is 23.4 Å². The predicted octanol–water partition coefficient (Wildman–Crippen LogP) is 2.40. The summed E-state index contributed by atoms with van der Waals surface area (Å²) in [5, 5.41) is 19.9. The Kier molecular flexibility index (Phi) is 5.07. The number of carboxylic acid groups (broad SMARTS) is 1. The van der Waals surface area contributed by atoms with Gasteiger partial charge in [-0.15, -0.1) is 0 Å². The summed E-state index contributed by atoms with van der Waals surface area (Å²) in [6.07, 6.45) is 3.55. The summed E-state index contributed by atoms with van der Waals surface area (Å²) in [5.74, 6) is -1.32. The van der Waals surface area contributed by atoms with Crippen LogP contribution in [0.25, 0.3) is 0 Å². The fourth-order valence-corrected chi connectivity index (χ4v) is 2.64. The average molecular weight is 368 g/mol. The van der Waals surface area contributed by atoms with Crippen LogP contribution in [-0.2, 0) is 11.3 Å². The van der Waals surface area contributed by atoms with Crippen LogP contribution in [-0.4, -0.2) is 31.9 Å². The highest BCUT2D eigenvalue weighted by Gasteiger charge is 2.24. The fourth-order valence-electron chi connectivity index (χ4n) is 2.64. The van der Waals surface area contributed by atoms with E-state index in [1.165, 1.54) is 6.07 Å². The molecule has 0 aliphatic carbocycles. The molecule has 0 saturated heterocycles. The zero-order valence-electron chi connectivity index (χ0n) is 15.3. The zero-order valence-corrected chi connectivity index (χ0v) is 15.3. The molecule has 1 atom stereocenters. The van der Waals surface area contributed by atoms with Gasteiger partial charge < -0.3 is 14.9 Å². The second kappa shape index (κ2) is 7.45. The van der Waals surface area contributed by atoms with E-state index in [0.717, 1.165) is 16.7 Å². The molecule has 27 heavy (non-hydrogen) atoms. The summed E-state index contributed by atoms with van der Waals surface area (Å²) < 4.78 is 6.82. The van der Waals surface area contributed by atoms with Gasteiger partial charge >= 0.3 is 5.97 Å². The van der Waals surface area contributed by atoms with Gasteiger partial charge in [0.05, 0.1) is 6.20 Å². The van der Waals surface area contributed by atoms with Crippen molar-refractivity contribution in [3.05, 3.63) is 70.4 Å². The highest BCUT2D eigenvalue weighted by Crippen LogP contribution is 2.18. The van der Waals surface area contributed by atoms with Gasteiger partial charge in [0, 0.05) is 12.3 Å². The van der Waals surface area contributed by atoms with Gasteiger partial charge in [-0.2, -0.15) is 5.10 Å². The summed E-state index contributed by atoms with van der Waals surface area (Å²) in [6.45, 7) is 6.07. The molecule has 1 aromatic carbocycles. The zero-order chi connectivity index (χ0) is 19.6. The van der Waals surface area contributed by atoms with E-state index in [0.29, 0.717) is 17.9 Å². The van der Waals surface area contributed by atoms with Crippen molar-refractivity contribution in [3.63, 3.8) is 0 Å². The molecule has 1 amide bonds. The summed E-state index contributed by atoms with van der Waals surface area (Å²) >= 11 is 0. The number of hydrogen-bond acceptors (Lipinski definition) is 5. The third-order valence-corrected chi connectivity index (χ3v) is 4.26. The molecule has 0 radical (unpaired) electrons. The predicted molar refractivity (Wildman–Crippen MR) is 96.3 cm³/mol. The number of carbonyl (C=O) groups excluding carboxylic acids is 1. The van der Waals surface area contributed by atoms with Gasteiger partial charge in [0.2, 0.25) is 0 Å². The molecule has 3 rings (SSSR count). The van der Waals surface area contributed by atoms with Crippen LogP contribution in [0.15, 0.2) is 41.2 Å². The number of rotatable bonds is 6. The highest BCUT2D eigenvalue weighted by atomic mass is 16.5. The van der Waals surface area contributed by atoms with E-state index in [4.69, 9.17) is 4.52 Å². The second-order valence-corrected chi connectivity index (χ2v) is 6.48. The van der Waals surface area contributed by atoms with Gasteiger partial charge in [-0.05, 0) is 43.0 Å². The molecule has 8 nitrogen and oxygen atoms in total. The molecule has 140 valence electrons. The maximum atomic E-state index is 12.4. The van der Waals surface area contributed by atoms with Crippen LogP contribution in [0.2, 0.25) is 0 Å². The van der Waals surface area contributed by atoms with Crippen LogP contribution < -0.4 is 5.32 Å². The number of carboxylic acids is 1. The number of nitrogens with one attached hydrogen (secondary N) is 1. The lowest BCUT2D eigenvalue weighted by atomic mass is 10.0. The number of carbonyl (C=O) groups is 2. The van der Waals surface area contributed by atoms with Crippen molar-refractivity contribution in [2.24, 2.45) is 0 Å². The Morgan fingerprint density at radius 1 is 1.22 bits per heavy atom. The SMILES string of the molecule is Cc1cnn(Cc2cc(C(=O)NC(C(=O)O)c3ccc(C)c(C)c3)no2)c1. The van der Waals surface area contributed by atoms with E-state index >= 15 is 0 Å². The van der Waals surface area contributed by atoms with Crippen molar-refractivity contribution < 1.29 is 19.2 Å². The Morgan fingerprint density at radius 2 is 2.00 bits per heavy atom. The van der Waals surface area contributed by atoms with Crippen molar-refractivity contribution in [1.82, 2.24) is 20.3 Å². The van der Waals surface area contributed by atoms with Gasteiger partial charge in [0.1, 0.15) is 6.54 Å². The van der Waals surface area contributed by atoms with E-state index in [1.807, 2.05) is 33.0 Å². The largest absolute Gasteiger partial charge is 0.479 e. The minimum atomic E-state index is -1.18. The van der Waals surface area contributed by atoms with Gasteiger partial charge in [0.15, 0.2) is 17.5 Å². The van der Waals surface area contributed by atoms with Gasteiger partial charge in [0.25, 0.3) is 5.91 Å². The molecule has 2 aromatic heterocycles. The molecule has 2 N–H and O–H groups in total. The number of hydrogen-bond donors (Lipinski definition) is 2. The molecule has 0 saturated carbocycles. The van der Waals surface area contributed by atoms with Crippen LogP contribution in [0.1, 0.15) is 44.5 Å². The molecule has 0 aliphatic heterocycles. The van der Waals surface area contributed by atoms with Crippen LogP contribution >= 0.6 is 0 Å². The minimum absolute atomic E-state index is 0.0176. The smallest absolute Gasteiger partial charge is 0.330 e. The summed E-state index contributed by atoms with van der Waals surface area (Å²) in [6, 6.07) is 5.57. The first-order valence-corrected chi connectivity index (χ1v) is 8.39. The molecule has 2 heterocycles. The highest BCUT2D eigenvalue weighted by molar-refractivity contribution is 5.95. The molecule has 0 aliphatic rings. The Hall–Kier alpha value is -3.42. The summed E-state index contributed by atoms with van der Waals surface area (Å²) in [5.41, 5.74) is 3.51. The van der Waals surface area contributed by atoms with Crippen LogP contribution in [0.3, 0.4) is 0 Å². The lowest BCUT2D eigenvalue weighted by molar-refractivity contribution is -0.139. The van der Waals surface area contributed by atoms with Crippen LogP contribution in [0.5, 0.6) is 0 Å². The quantitative estimate of drug-likeness (QED) is 0.691. The number of aryl methyl sites for hydroxylation is 3. The number of nitrogens with zero attached hydrogens (tertiary/aromatic N) is 3. The lowest BCUT2D eigenvalue weighted by Crippen LogP contribution is -2.34. The molecule has 1 unspecified atom stereocenters. The summed E-state index contributed by atoms with van der Waals surface area (Å²) in [4.78, 5) is 24.1. The number of amides is 1. The van der Waals surface area contributed by atoms with E-state index in [9.17, 15) is 14.7 Å². The molecular formula is C19H20N4O4. The Bertz CT molecular complexity index is 989. The first-order valence-electron chi connectivity index (χ1n) is 8.39. The second-order valence-electron chi connectivity index (χ2n) is 6.48. The molecule has 0 spiro atoms. The van der Waals surface area contributed by atoms with E-state index in [-0.39, 0.29) is 5.69 Å². The van der Waals surface area contributed by atoms with Crippen molar-refractivity contribution in [2.45, 2.75) is 33.4 Å². The summed E-state index contributed by atoms with van der Waals surface area (Å²) in [7, 11) is 0. The van der Waals surface area contributed by atoms with E-state index in [1.54, 1.807) is 23.0 Å². The Labute approximate surface area is 155 Å². The molecular weight excluding hydrogens is 348 g/mol. The topological polar surface area (TPSA) is 110 Å². The number of aromatic nitrogens is 3. The Balaban J connectivity index is 1.74. The van der Waals surface area contributed by atoms with Crippen molar-refractivity contribution in [2.75, 3.05) is 0 Å². The van der Waals surface area contributed by atoms with Gasteiger partial charge in [-0.3, -0.25) is 9.48 Å². The first-order chi connectivity index (χ1) is 12.8.